The maximum atomic E-state index is 5.08. The first-order valence-electron chi connectivity index (χ1n) is 8.53. The maximum absolute atomic E-state index is 5.08. The van der Waals surface area contributed by atoms with Gasteiger partial charge in [0, 0.05) is 20.2 Å². The summed E-state index contributed by atoms with van der Waals surface area (Å²) < 4.78 is 5.08. The van der Waals surface area contributed by atoms with Crippen LogP contribution in [0.1, 0.15) is 32.1 Å². The summed E-state index contributed by atoms with van der Waals surface area (Å²) in [5.74, 6) is 0.840. The predicted molar refractivity (Wildman–Crippen MR) is 84.2 cm³/mol. The topological polar surface area (TPSA) is 27.7 Å². The quantitative estimate of drug-likeness (QED) is 0.648. The second-order valence-corrected chi connectivity index (χ2v) is 6.41. The van der Waals surface area contributed by atoms with Gasteiger partial charge in [0.05, 0.1) is 6.61 Å². The number of nitrogens with one attached hydrogen (secondary N) is 1. The zero-order valence-corrected chi connectivity index (χ0v) is 13.3. The van der Waals surface area contributed by atoms with Gasteiger partial charge in [-0.3, -0.25) is 0 Å². The monoisotopic (exact) mass is 283 g/mol. The standard InChI is InChI=1S/C16H33N3O/c1-20-13-7-17-14-16-6-4-10-19(15-16)12-5-11-18-8-2-3-9-18/h16-17H,2-15H2,1H3. The molecule has 4 heteroatoms. The molecule has 1 N–H and O–H groups in total. The largest absolute Gasteiger partial charge is 0.383 e. The van der Waals surface area contributed by atoms with Crippen molar-refractivity contribution < 1.29 is 4.74 Å². The van der Waals surface area contributed by atoms with Crippen LogP contribution in [0.15, 0.2) is 0 Å². The number of hydrogen-bond acceptors (Lipinski definition) is 4. The average Bonchev–Trinajstić information content (AvgIpc) is 2.97. The fourth-order valence-electron chi connectivity index (χ4n) is 3.53. The summed E-state index contributed by atoms with van der Waals surface area (Å²) >= 11 is 0. The molecular formula is C16H33N3O. The van der Waals surface area contributed by atoms with Gasteiger partial charge in [0.2, 0.25) is 0 Å². The summed E-state index contributed by atoms with van der Waals surface area (Å²) in [6, 6.07) is 0. The summed E-state index contributed by atoms with van der Waals surface area (Å²) in [6.45, 7) is 10.9. The van der Waals surface area contributed by atoms with Gasteiger partial charge >= 0.3 is 0 Å². The number of likely N-dealkylation sites (tertiary alicyclic amines) is 2. The lowest BCUT2D eigenvalue weighted by Crippen LogP contribution is -2.41. The molecule has 0 aromatic heterocycles. The second kappa shape index (κ2) is 9.72. The fraction of sp³-hybridized carbons (Fsp3) is 1.00. The second-order valence-electron chi connectivity index (χ2n) is 6.41. The third-order valence-corrected chi connectivity index (χ3v) is 4.67. The van der Waals surface area contributed by atoms with Crippen LogP contribution in [0, 0.1) is 5.92 Å². The Hall–Kier alpha value is -0.160. The first-order chi connectivity index (χ1) is 9.88. The molecule has 0 aromatic rings. The highest BCUT2D eigenvalue weighted by atomic mass is 16.5. The van der Waals surface area contributed by atoms with Crippen LogP contribution in [-0.4, -0.2) is 75.9 Å². The first kappa shape index (κ1) is 16.2. The summed E-state index contributed by atoms with van der Waals surface area (Å²) in [5, 5.41) is 3.52. The van der Waals surface area contributed by atoms with Gasteiger partial charge in [-0.25, -0.2) is 0 Å². The number of hydrogen-bond donors (Lipinski definition) is 1. The van der Waals surface area contributed by atoms with Crippen LogP contribution in [0.5, 0.6) is 0 Å². The highest BCUT2D eigenvalue weighted by Crippen LogP contribution is 2.16. The SMILES string of the molecule is COCCNCC1CCCN(CCCN2CCCC2)C1. The molecule has 4 nitrogen and oxygen atoms in total. The van der Waals surface area contributed by atoms with E-state index in [9.17, 15) is 0 Å². The molecule has 2 aliphatic heterocycles. The summed E-state index contributed by atoms with van der Waals surface area (Å²) in [6.07, 6.45) is 6.95. The molecule has 0 radical (unpaired) electrons. The lowest BCUT2D eigenvalue weighted by atomic mass is 9.98. The predicted octanol–water partition coefficient (Wildman–Crippen LogP) is 1.42. The number of nitrogens with zero attached hydrogens (tertiary/aromatic N) is 2. The van der Waals surface area contributed by atoms with Crippen LogP contribution in [0.2, 0.25) is 0 Å². The molecule has 20 heavy (non-hydrogen) atoms. The third-order valence-electron chi connectivity index (χ3n) is 4.67. The Morgan fingerprint density at radius 1 is 1.05 bits per heavy atom. The summed E-state index contributed by atoms with van der Waals surface area (Å²) in [4.78, 5) is 5.32. The Morgan fingerprint density at radius 2 is 1.80 bits per heavy atom. The molecule has 2 aliphatic rings. The number of piperidine rings is 1. The van der Waals surface area contributed by atoms with Crippen molar-refractivity contribution in [2.45, 2.75) is 32.1 Å². The van der Waals surface area contributed by atoms with E-state index >= 15 is 0 Å². The average molecular weight is 283 g/mol. The van der Waals surface area contributed by atoms with Gasteiger partial charge in [-0.1, -0.05) is 0 Å². The Balaban J connectivity index is 1.53. The van der Waals surface area contributed by atoms with Crippen molar-refractivity contribution in [3.05, 3.63) is 0 Å². The number of rotatable bonds is 9. The van der Waals surface area contributed by atoms with Crippen LogP contribution >= 0.6 is 0 Å². The lowest BCUT2D eigenvalue weighted by molar-refractivity contribution is 0.158. The fourth-order valence-corrected chi connectivity index (χ4v) is 3.53. The van der Waals surface area contributed by atoms with Gasteiger partial charge in [-0.15, -0.1) is 0 Å². The smallest absolute Gasteiger partial charge is 0.0587 e. The van der Waals surface area contributed by atoms with Gasteiger partial charge in [0.1, 0.15) is 0 Å². The molecule has 118 valence electrons. The first-order valence-corrected chi connectivity index (χ1v) is 8.53. The molecule has 2 fully saturated rings. The van der Waals surface area contributed by atoms with Crippen molar-refractivity contribution in [2.24, 2.45) is 5.92 Å². The maximum Gasteiger partial charge on any atom is 0.0587 e. The van der Waals surface area contributed by atoms with E-state index in [2.05, 4.69) is 15.1 Å². The number of ether oxygens (including phenoxy) is 1. The summed E-state index contributed by atoms with van der Waals surface area (Å²) in [7, 11) is 1.77. The van der Waals surface area contributed by atoms with Crippen LogP contribution in [0.3, 0.4) is 0 Å². The van der Waals surface area contributed by atoms with Crippen LogP contribution in [-0.2, 0) is 4.74 Å². The molecule has 0 amide bonds. The molecule has 0 aliphatic carbocycles. The van der Waals surface area contributed by atoms with Gasteiger partial charge in [0.15, 0.2) is 0 Å². The molecule has 1 atom stereocenters. The molecule has 2 rings (SSSR count). The molecule has 0 aromatic carbocycles. The van der Waals surface area contributed by atoms with E-state index in [1.54, 1.807) is 7.11 Å². The van der Waals surface area contributed by atoms with E-state index in [1.165, 1.54) is 71.4 Å². The van der Waals surface area contributed by atoms with E-state index in [4.69, 9.17) is 4.74 Å². The highest BCUT2D eigenvalue weighted by molar-refractivity contribution is 4.75. The Labute approximate surface area is 124 Å². The molecule has 2 saturated heterocycles. The van der Waals surface area contributed by atoms with Crippen molar-refractivity contribution in [2.75, 3.05) is 66.1 Å². The third kappa shape index (κ3) is 6.08. The minimum absolute atomic E-state index is 0.826. The Kier molecular flexibility index (Phi) is 7.88. The molecule has 1 unspecified atom stereocenters. The van der Waals surface area contributed by atoms with Crippen molar-refractivity contribution in [1.29, 1.82) is 0 Å². The van der Waals surface area contributed by atoms with Gasteiger partial charge in [0.25, 0.3) is 0 Å². The highest BCUT2D eigenvalue weighted by Gasteiger charge is 2.19. The molecule has 2 heterocycles. The minimum Gasteiger partial charge on any atom is -0.383 e. The van der Waals surface area contributed by atoms with Crippen molar-refractivity contribution in [3.8, 4) is 0 Å². The molecular weight excluding hydrogens is 250 g/mol. The van der Waals surface area contributed by atoms with Gasteiger partial charge in [-0.2, -0.15) is 0 Å². The number of methoxy groups -OCH3 is 1. The Bertz CT molecular complexity index is 244. The summed E-state index contributed by atoms with van der Waals surface area (Å²) in [5.41, 5.74) is 0. The van der Waals surface area contributed by atoms with Crippen LogP contribution in [0.4, 0.5) is 0 Å². The molecule has 0 saturated carbocycles. The van der Waals surface area contributed by atoms with Gasteiger partial charge < -0.3 is 19.9 Å². The minimum atomic E-state index is 0.826. The molecule has 0 spiro atoms. The normalized spacial score (nSPS) is 25.4. The zero-order valence-electron chi connectivity index (χ0n) is 13.3. The zero-order chi connectivity index (χ0) is 14.0. The molecule has 0 bridgehead atoms. The van der Waals surface area contributed by atoms with Crippen molar-refractivity contribution in [1.82, 2.24) is 15.1 Å². The van der Waals surface area contributed by atoms with E-state index in [-0.39, 0.29) is 0 Å². The Morgan fingerprint density at radius 3 is 2.60 bits per heavy atom. The van der Waals surface area contributed by atoms with E-state index in [1.807, 2.05) is 0 Å². The lowest BCUT2D eigenvalue weighted by Gasteiger charge is -2.33. The van der Waals surface area contributed by atoms with Crippen molar-refractivity contribution in [3.63, 3.8) is 0 Å². The van der Waals surface area contributed by atoms with E-state index in [0.717, 1.165) is 25.6 Å². The van der Waals surface area contributed by atoms with Gasteiger partial charge in [-0.05, 0) is 77.3 Å². The van der Waals surface area contributed by atoms with Crippen LogP contribution < -0.4 is 5.32 Å². The van der Waals surface area contributed by atoms with Crippen molar-refractivity contribution >= 4 is 0 Å². The van der Waals surface area contributed by atoms with E-state index in [0.29, 0.717) is 0 Å². The van der Waals surface area contributed by atoms with E-state index < -0.39 is 0 Å². The van der Waals surface area contributed by atoms with Crippen LogP contribution in [0.25, 0.3) is 0 Å².